The van der Waals surface area contributed by atoms with Crippen molar-refractivity contribution >= 4 is 5.96 Å². The molecule has 0 spiro atoms. The van der Waals surface area contributed by atoms with Crippen LogP contribution >= 0.6 is 0 Å². The lowest BCUT2D eigenvalue weighted by Gasteiger charge is -2.25. The SMILES string of the molecule is CN=C(NCc1cc(OC)c(O)c(OC)c1)N1CCC(N2CC=CC2)C1. The van der Waals surface area contributed by atoms with E-state index in [0.717, 1.165) is 44.1 Å². The normalized spacial score (nSPS) is 20.7. The third-order valence-corrected chi connectivity index (χ3v) is 5.03. The van der Waals surface area contributed by atoms with Crippen LogP contribution < -0.4 is 14.8 Å². The van der Waals surface area contributed by atoms with Crippen LogP contribution in [-0.4, -0.2) is 74.4 Å². The van der Waals surface area contributed by atoms with Gasteiger partial charge in [-0.15, -0.1) is 0 Å². The molecule has 0 saturated carbocycles. The van der Waals surface area contributed by atoms with Crippen LogP contribution in [0.4, 0.5) is 0 Å². The molecule has 2 aliphatic heterocycles. The molecule has 1 unspecified atom stereocenters. The van der Waals surface area contributed by atoms with E-state index in [1.165, 1.54) is 14.2 Å². The first-order valence-electron chi connectivity index (χ1n) is 8.94. The molecule has 142 valence electrons. The molecule has 0 amide bonds. The van der Waals surface area contributed by atoms with Gasteiger partial charge in [0, 0.05) is 45.8 Å². The fourth-order valence-corrected chi connectivity index (χ4v) is 3.59. The minimum Gasteiger partial charge on any atom is -0.502 e. The number of methoxy groups -OCH3 is 2. The Morgan fingerprint density at radius 3 is 2.46 bits per heavy atom. The van der Waals surface area contributed by atoms with Crippen LogP contribution in [0.15, 0.2) is 29.3 Å². The van der Waals surface area contributed by atoms with Crippen molar-refractivity contribution in [2.75, 3.05) is 47.4 Å². The van der Waals surface area contributed by atoms with Gasteiger partial charge in [-0.2, -0.15) is 0 Å². The second-order valence-electron chi connectivity index (χ2n) is 6.56. The number of ether oxygens (including phenoxy) is 2. The maximum atomic E-state index is 10.0. The number of aliphatic imine (C=N–C) groups is 1. The molecule has 3 rings (SSSR count). The molecule has 1 saturated heterocycles. The van der Waals surface area contributed by atoms with E-state index in [-0.39, 0.29) is 5.75 Å². The van der Waals surface area contributed by atoms with E-state index in [1.807, 2.05) is 7.05 Å². The van der Waals surface area contributed by atoms with E-state index in [0.29, 0.717) is 24.1 Å². The van der Waals surface area contributed by atoms with Gasteiger partial charge in [0.05, 0.1) is 14.2 Å². The molecule has 0 aromatic heterocycles. The zero-order valence-corrected chi connectivity index (χ0v) is 15.7. The lowest BCUT2D eigenvalue weighted by Crippen LogP contribution is -2.42. The zero-order chi connectivity index (χ0) is 18.5. The fourth-order valence-electron chi connectivity index (χ4n) is 3.59. The van der Waals surface area contributed by atoms with Crippen LogP contribution in [0.2, 0.25) is 0 Å². The molecule has 1 aromatic rings. The zero-order valence-electron chi connectivity index (χ0n) is 15.7. The highest BCUT2D eigenvalue weighted by Gasteiger charge is 2.29. The number of hydrogen-bond donors (Lipinski definition) is 2. The van der Waals surface area contributed by atoms with Gasteiger partial charge in [0.1, 0.15) is 0 Å². The van der Waals surface area contributed by atoms with E-state index in [4.69, 9.17) is 9.47 Å². The number of hydrogen-bond acceptors (Lipinski definition) is 5. The summed E-state index contributed by atoms with van der Waals surface area (Å²) in [5, 5.41) is 13.4. The average molecular weight is 360 g/mol. The highest BCUT2D eigenvalue weighted by Crippen LogP contribution is 2.37. The Labute approximate surface area is 154 Å². The first-order chi connectivity index (χ1) is 12.7. The van der Waals surface area contributed by atoms with Crippen LogP contribution in [0, 0.1) is 0 Å². The lowest BCUT2D eigenvalue weighted by atomic mass is 10.2. The van der Waals surface area contributed by atoms with Crippen molar-refractivity contribution < 1.29 is 14.6 Å². The minimum atomic E-state index is 0.0183. The van der Waals surface area contributed by atoms with Crippen molar-refractivity contribution in [3.8, 4) is 17.2 Å². The van der Waals surface area contributed by atoms with Crippen molar-refractivity contribution in [1.29, 1.82) is 0 Å². The Kier molecular flexibility index (Phi) is 5.88. The molecule has 2 aliphatic rings. The van der Waals surface area contributed by atoms with E-state index in [1.54, 1.807) is 12.1 Å². The van der Waals surface area contributed by atoms with E-state index in [9.17, 15) is 5.11 Å². The number of rotatable bonds is 5. The van der Waals surface area contributed by atoms with E-state index >= 15 is 0 Å². The molecular formula is C19H28N4O3. The molecule has 0 bridgehead atoms. The number of aromatic hydroxyl groups is 1. The Morgan fingerprint density at radius 1 is 1.23 bits per heavy atom. The largest absolute Gasteiger partial charge is 0.502 e. The molecule has 0 radical (unpaired) electrons. The minimum absolute atomic E-state index is 0.0183. The molecular weight excluding hydrogens is 332 g/mol. The fraction of sp³-hybridized carbons (Fsp3) is 0.526. The summed E-state index contributed by atoms with van der Waals surface area (Å²) in [5.74, 6) is 1.72. The van der Waals surface area contributed by atoms with Gasteiger partial charge < -0.3 is 24.8 Å². The number of guanidine groups is 1. The predicted octanol–water partition coefficient (Wildman–Crippen LogP) is 1.43. The van der Waals surface area contributed by atoms with Crippen molar-refractivity contribution in [3.63, 3.8) is 0 Å². The van der Waals surface area contributed by atoms with Crippen molar-refractivity contribution in [1.82, 2.24) is 15.1 Å². The lowest BCUT2D eigenvalue weighted by molar-refractivity contribution is 0.259. The molecule has 2 heterocycles. The second-order valence-corrected chi connectivity index (χ2v) is 6.56. The van der Waals surface area contributed by atoms with Gasteiger partial charge in [-0.3, -0.25) is 9.89 Å². The van der Waals surface area contributed by atoms with Crippen LogP contribution in [-0.2, 0) is 6.54 Å². The first-order valence-corrected chi connectivity index (χ1v) is 8.94. The maximum absolute atomic E-state index is 10.0. The number of nitrogens with one attached hydrogen (secondary N) is 1. The number of phenols is 1. The highest BCUT2D eigenvalue weighted by atomic mass is 16.5. The monoisotopic (exact) mass is 360 g/mol. The summed E-state index contributed by atoms with van der Waals surface area (Å²) < 4.78 is 10.4. The summed E-state index contributed by atoms with van der Waals surface area (Å²) in [4.78, 5) is 9.24. The second kappa shape index (κ2) is 8.31. The third kappa shape index (κ3) is 3.88. The Balaban J connectivity index is 1.61. The number of benzene rings is 1. The van der Waals surface area contributed by atoms with Gasteiger partial charge in [-0.25, -0.2) is 0 Å². The highest BCUT2D eigenvalue weighted by molar-refractivity contribution is 5.80. The Hall–Kier alpha value is -2.41. The summed E-state index contributed by atoms with van der Waals surface area (Å²) in [6.45, 7) is 4.67. The van der Waals surface area contributed by atoms with Gasteiger partial charge in [-0.1, -0.05) is 12.2 Å². The summed E-state index contributed by atoms with van der Waals surface area (Å²) in [5.41, 5.74) is 0.956. The predicted molar refractivity (Wildman–Crippen MR) is 102 cm³/mol. The Bertz CT molecular complexity index is 656. The van der Waals surface area contributed by atoms with Gasteiger partial charge in [0.2, 0.25) is 5.75 Å². The van der Waals surface area contributed by atoms with Crippen LogP contribution in [0.1, 0.15) is 12.0 Å². The van der Waals surface area contributed by atoms with Crippen molar-refractivity contribution in [2.45, 2.75) is 19.0 Å². The molecule has 2 N–H and O–H groups in total. The quantitative estimate of drug-likeness (QED) is 0.470. The standard InChI is InChI=1S/C19H28N4O3/c1-20-19(23-9-6-15(13-23)22-7-4-5-8-22)21-12-14-10-16(25-2)18(24)17(11-14)26-3/h4-5,10-11,15,24H,6-9,12-13H2,1-3H3,(H,20,21). The number of likely N-dealkylation sites (tertiary alicyclic amines) is 1. The van der Waals surface area contributed by atoms with Crippen LogP contribution in [0.5, 0.6) is 17.2 Å². The summed E-state index contributed by atoms with van der Waals surface area (Å²) in [7, 11) is 4.87. The molecule has 26 heavy (non-hydrogen) atoms. The third-order valence-electron chi connectivity index (χ3n) is 5.03. The molecule has 7 nitrogen and oxygen atoms in total. The summed E-state index contributed by atoms with van der Waals surface area (Å²) >= 11 is 0. The molecule has 1 fully saturated rings. The first kappa shape index (κ1) is 18.4. The van der Waals surface area contributed by atoms with E-state index < -0.39 is 0 Å². The summed E-state index contributed by atoms with van der Waals surface area (Å²) in [6.07, 6.45) is 5.63. The molecule has 0 aliphatic carbocycles. The molecule has 7 heteroatoms. The van der Waals surface area contributed by atoms with Gasteiger partial charge in [-0.05, 0) is 24.1 Å². The van der Waals surface area contributed by atoms with Crippen LogP contribution in [0.25, 0.3) is 0 Å². The topological polar surface area (TPSA) is 69.6 Å². The smallest absolute Gasteiger partial charge is 0.200 e. The molecule has 1 aromatic carbocycles. The van der Waals surface area contributed by atoms with Gasteiger partial charge in [0.15, 0.2) is 17.5 Å². The van der Waals surface area contributed by atoms with Crippen LogP contribution in [0.3, 0.4) is 0 Å². The van der Waals surface area contributed by atoms with E-state index in [2.05, 4.69) is 32.3 Å². The van der Waals surface area contributed by atoms with Crippen molar-refractivity contribution in [3.05, 3.63) is 29.8 Å². The van der Waals surface area contributed by atoms with Gasteiger partial charge >= 0.3 is 0 Å². The summed E-state index contributed by atoms with van der Waals surface area (Å²) in [6, 6.07) is 4.19. The van der Waals surface area contributed by atoms with Gasteiger partial charge in [0.25, 0.3) is 0 Å². The number of nitrogens with zero attached hydrogens (tertiary/aromatic N) is 3. The molecule has 1 atom stereocenters. The average Bonchev–Trinajstić information content (AvgIpc) is 3.34. The van der Waals surface area contributed by atoms with Crippen molar-refractivity contribution in [2.24, 2.45) is 4.99 Å². The maximum Gasteiger partial charge on any atom is 0.200 e. The number of phenolic OH excluding ortho intramolecular Hbond substituents is 1. The Morgan fingerprint density at radius 2 is 1.88 bits per heavy atom.